The Hall–Kier alpha value is -2.48. The molecule has 1 aliphatic rings. The zero-order chi connectivity index (χ0) is 19.2. The van der Waals surface area contributed by atoms with E-state index in [4.69, 9.17) is 10.00 Å². The smallest absolute Gasteiger partial charge is 0.410 e. The molecule has 0 radical (unpaired) electrons. The number of aryl methyl sites for hydroxylation is 2. The number of fused-ring (bicyclic) bond motifs is 1. The monoisotopic (exact) mass is 367 g/mol. The molecule has 1 aromatic heterocycles. The summed E-state index contributed by atoms with van der Waals surface area (Å²) in [6.45, 7) is 6.43. The van der Waals surface area contributed by atoms with Gasteiger partial charge < -0.3 is 14.2 Å². The summed E-state index contributed by atoms with van der Waals surface area (Å²) in [6.07, 6.45) is 5.78. The number of rotatable bonds is 7. The van der Waals surface area contributed by atoms with E-state index < -0.39 is 0 Å². The first-order valence-electron chi connectivity index (χ1n) is 10.1. The van der Waals surface area contributed by atoms with Crippen LogP contribution in [0.5, 0.6) is 0 Å². The zero-order valence-electron chi connectivity index (χ0n) is 16.4. The van der Waals surface area contributed by atoms with Crippen LogP contribution >= 0.6 is 0 Å². The highest BCUT2D eigenvalue weighted by Crippen LogP contribution is 2.26. The van der Waals surface area contributed by atoms with Crippen LogP contribution in [-0.4, -0.2) is 34.8 Å². The van der Waals surface area contributed by atoms with Crippen LogP contribution in [0, 0.1) is 11.3 Å². The summed E-state index contributed by atoms with van der Waals surface area (Å²) in [6, 6.07) is 10.6. The third-order valence-corrected chi connectivity index (χ3v) is 5.50. The van der Waals surface area contributed by atoms with Crippen molar-refractivity contribution >= 4 is 17.0 Å². The molecule has 5 heteroatoms. The average Bonchev–Trinajstić information content (AvgIpc) is 3.29. The summed E-state index contributed by atoms with van der Waals surface area (Å²) < 4.78 is 7.70. The van der Waals surface area contributed by atoms with Crippen LogP contribution in [0.1, 0.15) is 57.2 Å². The Morgan fingerprint density at radius 2 is 2.19 bits per heavy atom. The van der Waals surface area contributed by atoms with E-state index in [0.717, 1.165) is 57.1 Å². The van der Waals surface area contributed by atoms with Crippen molar-refractivity contribution in [1.82, 2.24) is 9.47 Å². The van der Waals surface area contributed by atoms with Crippen molar-refractivity contribution in [3.8, 4) is 6.07 Å². The SMILES string of the molecule is CCCCOC(=O)N1CCC[C@H]1CCc1cc2ccc(C#N)cc2n1CC. The maximum atomic E-state index is 12.3. The van der Waals surface area contributed by atoms with E-state index in [2.05, 4.69) is 30.6 Å². The minimum atomic E-state index is -0.152. The molecule has 1 aromatic carbocycles. The fraction of sp³-hybridized carbons (Fsp3) is 0.545. The van der Waals surface area contributed by atoms with E-state index in [-0.39, 0.29) is 12.1 Å². The second-order valence-corrected chi connectivity index (χ2v) is 7.26. The molecule has 0 aliphatic carbocycles. The summed E-state index contributed by atoms with van der Waals surface area (Å²) in [7, 11) is 0. The van der Waals surface area contributed by atoms with Crippen LogP contribution in [0.15, 0.2) is 24.3 Å². The van der Waals surface area contributed by atoms with Gasteiger partial charge in [0, 0.05) is 30.3 Å². The number of hydrogen-bond acceptors (Lipinski definition) is 3. The summed E-state index contributed by atoms with van der Waals surface area (Å²) >= 11 is 0. The van der Waals surface area contributed by atoms with Gasteiger partial charge in [0.2, 0.25) is 0 Å². The van der Waals surface area contributed by atoms with Gasteiger partial charge in [-0.1, -0.05) is 19.4 Å². The molecule has 5 nitrogen and oxygen atoms in total. The Labute approximate surface area is 161 Å². The van der Waals surface area contributed by atoms with E-state index in [1.807, 2.05) is 23.1 Å². The molecule has 2 aromatic rings. The standard InChI is InChI=1S/C22H29N3O2/c1-3-5-13-27-22(26)25-12-6-7-19(25)10-11-20-15-18-9-8-17(16-23)14-21(18)24(20)4-2/h8-9,14-15,19H,3-7,10-13H2,1-2H3/t19-/m0/s1. The van der Waals surface area contributed by atoms with E-state index in [1.165, 1.54) is 11.1 Å². The van der Waals surface area contributed by atoms with Crippen LogP contribution in [0.2, 0.25) is 0 Å². The van der Waals surface area contributed by atoms with Gasteiger partial charge in [-0.25, -0.2) is 4.79 Å². The lowest BCUT2D eigenvalue weighted by molar-refractivity contribution is 0.0955. The number of nitriles is 1. The van der Waals surface area contributed by atoms with Gasteiger partial charge >= 0.3 is 6.09 Å². The van der Waals surface area contributed by atoms with E-state index in [1.54, 1.807) is 0 Å². The Morgan fingerprint density at radius 3 is 2.93 bits per heavy atom. The van der Waals surface area contributed by atoms with Gasteiger partial charge in [-0.3, -0.25) is 0 Å². The maximum absolute atomic E-state index is 12.3. The Kier molecular flexibility index (Phi) is 6.39. The van der Waals surface area contributed by atoms with Gasteiger partial charge in [-0.15, -0.1) is 0 Å². The van der Waals surface area contributed by atoms with Crippen LogP contribution < -0.4 is 0 Å². The number of carbonyl (C=O) groups excluding carboxylic acids is 1. The molecule has 1 atom stereocenters. The van der Waals surface area contributed by atoms with Gasteiger partial charge in [-0.2, -0.15) is 5.26 Å². The number of likely N-dealkylation sites (tertiary alicyclic amines) is 1. The zero-order valence-corrected chi connectivity index (χ0v) is 16.4. The molecular formula is C22H29N3O2. The molecule has 1 amide bonds. The first-order chi connectivity index (χ1) is 13.2. The maximum Gasteiger partial charge on any atom is 0.410 e. The first-order valence-corrected chi connectivity index (χ1v) is 10.1. The number of benzene rings is 1. The number of carbonyl (C=O) groups is 1. The normalized spacial score (nSPS) is 16.6. The molecule has 0 spiro atoms. The molecule has 1 saturated heterocycles. The summed E-state index contributed by atoms with van der Waals surface area (Å²) in [4.78, 5) is 14.3. The Morgan fingerprint density at radius 1 is 1.33 bits per heavy atom. The average molecular weight is 367 g/mol. The molecule has 0 saturated carbocycles. The predicted octanol–water partition coefficient (Wildman–Crippen LogP) is 4.87. The third kappa shape index (κ3) is 4.27. The number of aromatic nitrogens is 1. The van der Waals surface area contributed by atoms with Crippen molar-refractivity contribution in [2.75, 3.05) is 13.2 Å². The highest BCUT2D eigenvalue weighted by molar-refractivity contribution is 5.82. The largest absolute Gasteiger partial charge is 0.449 e. The fourth-order valence-corrected chi connectivity index (χ4v) is 4.04. The summed E-state index contributed by atoms with van der Waals surface area (Å²) in [5.74, 6) is 0. The molecule has 144 valence electrons. The minimum absolute atomic E-state index is 0.152. The Bertz CT molecular complexity index is 834. The molecule has 0 bridgehead atoms. The van der Waals surface area contributed by atoms with Gasteiger partial charge in [0.1, 0.15) is 0 Å². The van der Waals surface area contributed by atoms with Crippen LogP contribution in [-0.2, 0) is 17.7 Å². The summed E-state index contributed by atoms with van der Waals surface area (Å²) in [5, 5.41) is 10.3. The molecular weight excluding hydrogens is 338 g/mol. The van der Waals surface area contributed by atoms with Gasteiger partial charge in [0.15, 0.2) is 0 Å². The number of ether oxygens (including phenoxy) is 1. The van der Waals surface area contributed by atoms with Crippen LogP contribution in [0.4, 0.5) is 4.79 Å². The lowest BCUT2D eigenvalue weighted by Crippen LogP contribution is -2.36. The molecule has 2 heterocycles. The first kappa shape index (κ1) is 19.3. The van der Waals surface area contributed by atoms with Crippen LogP contribution in [0.3, 0.4) is 0 Å². The molecule has 0 N–H and O–H groups in total. The van der Waals surface area contributed by atoms with E-state index >= 15 is 0 Å². The number of amides is 1. The fourth-order valence-electron chi connectivity index (χ4n) is 4.04. The molecule has 27 heavy (non-hydrogen) atoms. The van der Waals surface area contributed by atoms with Crippen molar-refractivity contribution in [3.05, 3.63) is 35.5 Å². The molecule has 3 rings (SSSR count). The van der Waals surface area contributed by atoms with Crippen LogP contribution in [0.25, 0.3) is 10.9 Å². The van der Waals surface area contributed by atoms with E-state index in [0.29, 0.717) is 12.2 Å². The molecule has 1 aliphatic heterocycles. The van der Waals surface area contributed by atoms with Crippen molar-refractivity contribution in [3.63, 3.8) is 0 Å². The molecule has 0 unspecified atom stereocenters. The highest BCUT2D eigenvalue weighted by atomic mass is 16.6. The van der Waals surface area contributed by atoms with Crippen molar-refractivity contribution in [2.45, 2.75) is 65.0 Å². The second-order valence-electron chi connectivity index (χ2n) is 7.26. The third-order valence-electron chi connectivity index (χ3n) is 5.50. The Balaban J connectivity index is 1.68. The van der Waals surface area contributed by atoms with Crippen molar-refractivity contribution < 1.29 is 9.53 Å². The van der Waals surface area contributed by atoms with E-state index in [9.17, 15) is 4.79 Å². The number of nitrogens with zero attached hydrogens (tertiary/aromatic N) is 3. The number of unbranched alkanes of at least 4 members (excludes halogenated alkanes) is 1. The topological polar surface area (TPSA) is 58.3 Å². The predicted molar refractivity (Wildman–Crippen MR) is 107 cm³/mol. The van der Waals surface area contributed by atoms with Crippen molar-refractivity contribution in [2.24, 2.45) is 0 Å². The lowest BCUT2D eigenvalue weighted by Gasteiger charge is -2.24. The van der Waals surface area contributed by atoms with Gasteiger partial charge in [-0.05, 0) is 62.6 Å². The van der Waals surface area contributed by atoms with Gasteiger partial charge in [0.25, 0.3) is 0 Å². The highest BCUT2D eigenvalue weighted by Gasteiger charge is 2.29. The molecule has 1 fully saturated rings. The lowest BCUT2D eigenvalue weighted by atomic mass is 10.1. The minimum Gasteiger partial charge on any atom is -0.449 e. The summed E-state index contributed by atoms with van der Waals surface area (Å²) in [5.41, 5.74) is 3.08. The quantitative estimate of drug-likeness (QED) is 0.656. The van der Waals surface area contributed by atoms with Crippen molar-refractivity contribution in [1.29, 1.82) is 5.26 Å². The number of hydrogen-bond donors (Lipinski definition) is 0. The van der Waals surface area contributed by atoms with Gasteiger partial charge in [0.05, 0.1) is 18.2 Å². The second kappa shape index (κ2) is 8.94.